The van der Waals surface area contributed by atoms with Crippen molar-refractivity contribution < 1.29 is 9.90 Å². The fourth-order valence-electron chi connectivity index (χ4n) is 3.63. The molecule has 5 N–H and O–H groups in total. The lowest BCUT2D eigenvalue weighted by atomic mass is 10.1. The van der Waals surface area contributed by atoms with Gasteiger partial charge in [0.15, 0.2) is 12.0 Å². The molecule has 1 atom stereocenters. The van der Waals surface area contributed by atoms with E-state index >= 15 is 0 Å². The van der Waals surface area contributed by atoms with Gasteiger partial charge >= 0.3 is 0 Å². The molecular formula is C22H27N7O2. The third kappa shape index (κ3) is 4.95. The van der Waals surface area contributed by atoms with Crippen LogP contribution in [0.15, 0.2) is 70.2 Å². The lowest BCUT2D eigenvalue weighted by Gasteiger charge is -2.34. The zero-order valence-corrected chi connectivity index (χ0v) is 17.5. The lowest BCUT2D eigenvalue weighted by Crippen LogP contribution is -2.44. The van der Waals surface area contributed by atoms with Crippen LogP contribution >= 0.6 is 0 Å². The van der Waals surface area contributed by atoms with Gasteiger partial charge in [-0.2, -0.15) is 5.11 Å². The Bertz CT molecular complexity index is 978. The van der Waals surface area contributed by atoms with Crippen LogP contribution in [-0.4, -0.2) is 55.3 Å². The molecule has 0 radical (unpaired) electrons. The first-order valence-corrected chi connectivity index (χ1v) is 10.3. The molecule has 2 heterocycles. The maximum atomic E-state index is 12.1. The number of anilines is 2. The number of likely N-dealkylation sites (N-methyl/N-ethyl adjacent to an activating group) is 1. The number of nitrogens with zero attached hydrogens (tertiary/aromatic N) is 4. The van der Waals surface area contributed by atoms with Gasteiger partial charge in [0.1, 0.15) is 11.3 Å². The number of piperazine rings is 1. The quantitative estimate of drug-likeness (QED) is 0.542. The van der Waals surface area contributed by atoms with E-state index in [1.165, 1.54) is 5.69 Å². The summed E-state index contributed by atoms with van der Waals surface area (Å²) >= 11 is 0. The number of nitrogens with two attached hydrogens (primary N) is 1. The molecular weight excluding hydrogens is 394 g/mol. The van der Waals surface area contributed by atoms with E-state index in [0.29, 0.717) is 17.9 Å². The smallest absolute Gasteiger partial charge is 0.252 e. The molecule has 0 saturated carbocycles. The molecule has 0 bridgehead atoms. The van der Waals surface area contributed by atoms with Crippen molar-refractivity contribution in [1.29, 1.82) is 0 Å². The van der Waals surface area contributed by atoms with Crippen LogP contribution in [-0.2, 0) is 11.3 Å². The Labute approximate surface area is 181 Å². The molecule has 1 unspecified atom stereocenters. The SMILES string of the molecule is CN1CCN(c2ccc(NC3N=NC(NCc4ccc(O)cc4)=C3C(N)=O)cc2)CC1. The third-order valence-corrected chi connectivity index (χ3v) is 5.50. The van der Waals surface area contributed by atoms with E-state index in [0.717, 1.165) is 37.4 Å². The molecule has 0 spiro atoms. The Balaban J connectivity index is 1.41. The van der Waals surface area contributed by atoms with Gasteiger partial charge in [0.25, 0.3) is 5.91 Å². The summed E-state index contributed by atoms with van der Waals surface area (Å²) in [5, 5.41) is 24.0. The second kappa shape index (κ2) is 9.05. The molecule has 4 rings (SSSR count). The number of phenols is 1. The summed E-state index contributed by atoms with van der Waals surface area (Å²) in [5.41, 5.74) is 8.85. The lowest BCUT2D eigenvalue weighted by molar-refractivity contribution is -0.114. The Kier molecular flexibility index (Phi) is 6.03. The topological polar surface area (TPSA) is 119 Å². The van der Waals surface area contributed by atoms with Crippen molar-refractivity contribution >= 4 is 17.3 Å². The van der Waals surface area contributed by atoms with Crippen molar-refractivity contribution in [3.05, 3.63) is 65.5 Å². The van der Waals surface area contributed by atoms with Crippen LogP contribution < -0.4 is 21.3 Å². The van der Waals surface area contributed by atoms with Gasteiger partial charge in [-0.25, -0.2) is 0 Å². The van der Waals surface area contributed by atoms with Crippen LogP contribution in [0.3, 0.4) is 0 Å². The first-order chi connectivity index (χ1) is 15.0. The summed E-state index contributed by atoms with van der Waals surface area (Å²) in [7, 11) is 2.14. The highest BCUT2D eigenvalue weighted by Crippen LogP contribution is 2.25. The maximum Gasteiger partial charge on any atom is 0.252 e. The van der Waals surface area contributed by atoms with Crippen molar-refractivity contribution in [1.82, 2.24) is 10.2 Å². The van der Waals surface area contributed by atoms with E-state index in [1.54, 1.807) is 24.3 Å². The predicted molar refractivity (Wildman–Crippen MR) is 120 cm³/mol. The van der Waals surface area contributed by atoms with Crippen molar-refractivity contribution in [2.75, 3.05) is 43.4 Å². The number of aromatic hydroxyl groups is 1. The van der Waals surface area contributed by atoms with Crippen LogP contribution in [0, 0.1) is 0 Å². The highest BCUT2D eigenvalue weighted by molar-refractivity contribution is 5.94. The van der Waals surface area contributed by atoms with E-state index in [2.05, 4.69) is 49.8 Å². The normalized spacial score (nSPS) is 19.0. The number of rotatable bonds is 7. The van der Waals surface area contributed by atoms with Gasteiger partial charge in [-0.1, -0.05) is 12.1 Å². The number of carbonyl (C=O) groups excluding carboxylic acids is 1. The highest BCUT2D eigenvalue weighted by atomic mass is 16.3. The minimum Gasteiger partial charge on any atom is -0.508 e. The van der Waals surface area contributed by atoms with Crippen molar-refractivity contribution in [3.63, 3.8) is 0 Å². The Morgan fingerprint density at radius 2 is 1.77 bits per heavy atom. The Hall–Kier alpha value is -3.59. The van der Waals surface area contributed by atoms with Crippen LogP contribution in [0.1, 0.15) is 5.56 Å². The molecule has 1 fully saturated rings. The molecule has 2 aromatic carbocycles. The Morgan fingerprint density at radius 3 is 2.42 bits per heavy atom. The van der Waals surface area contributed by atoms with Gasteiger partial charge < -0.3 is 31.3 Å². The molecule has 31 heavy (non-hydrogen) atoms. The average Bonchev–Trinajstić information content (AvgIpc) is 3.17. The maximum absolute atomic E-state index is 12.1. The zero-order valence-electron chi connectivity index (χ0n) is 17.5. The zero-order chi connectivity index (χ0) is 21.8. The van der Waals surface area contributed by atoms with E-state index in [9.17, 15) is 9.90 Å². The van der Waals surface area contributed by atoms with Gasteiger partial charge in [0, 0.05) is 44.1 Å². The van der Waals surface area contributed by atoms with Gasteiger partial charge in [-0.05, 0) is 49.0 Å². The minimum atomic E-state index is -0.644. The number of phenolic OH excluding ortho intramolecular Hbond substituents is 1. The predicted octanol–water partition coefficient (Wildman–Crippen LogP) is 1.83. The van der Waals surface area contributed by atoms with Gasteiger partial charge in [0.05, 0.1) is 0 Å². The molecule has 0 aromatic heterocycles. The standard InChI is InChI=1S/C22H27N7O2/c1-28-10-12-29(13-11-28)17-6-4-16(5-7-17)25-22-19(20(23)31)21(26-27-22)24-14-15-2-8-18(30)9-3-15/h2-9,22,24-25,30H,10-14H2,1H3,(H2,23,31). The number of primary amides is 1. The van der Waals surface area contributed by atoms with Crippen LogP contribution in [0.2, 0.25) is 0 Å². The van der Waals surface area contributed by atoms with Gasteiger partial charge in [0.2, 0.25) is 0 Å². The molecule has 1 amide bonds. The number of carbonyl (C=O) groups is 1. The van der Waals surface area contributed by atoms with Crippen LogP contribution in [0.5, 0.6) is 5.75 Å². The molecule has 9 heteroatoms. The van der Waals surface area contributed by atoms with Crippen molar-refractivity contribution in [2.45, 2.75) is 12.7 Å². The first kappa shape index (κ1) is 20.7. The Morgan fingerprint density at radius 1 is 1.10 bits per heavy atom. The van der Waals surface area contributed by atoms with E-state index in [4.69, 9.17) is 5.73 Å². The van der Waals surface area contributed by atoms with E-state index in [1.807, 2.05) is 12.1 Å². The van der Waals surface area contributed by atoms with E-state index in [-0.39, 0.29) is 5.75 Å². The molecule has 162 valence electrons. The van der Waals surface area contributed by atoms with Gasteiger partial charge in [-0.15, -0.1) is 5.11 Å². The molecule has 2 aliphatic rings. The second-order valence-electron chi connectivity index (χ2n) is 7.75. The largest absolute Gasteiger partial charge is 0.508 e. The summed E-state index contributed by atoms with van der Waals surface area (Å²) in [6, 6.07) is 14.9. The summed E-state index contributed by atoms with van der Waals surface area (Å²) in [4.78, 5) is 16.8. The average molecular weight is 422 g/mol. The number of amides is 1. The number of azo groups is 1. The van der Waals surface area contributed by atoms with Crippen LogP contribution in [0.4, 0.5) is 11.4 Å². The summed E-state index contributed by atoms with van der Waals surface area (Å²) in [6.07, 6.45) is -0.644. The fraction of sp³-hybridized carbons (Fsp3) is 0.318. The number of hydrogen-bond donors (Lipinski definition) is 4. The summed E-state index contributed by atoms with van der Waals surface area (Å²) in [6.45, 7) is 4.54. The van der Waals surface area contributed by atoms with E-state index < -0.39 is 12.1 Å². The monoisotopic (exact) mass is 421 g/mol. The molecule has 2 aromatic rings. The molecule has 2 aliphatic heterocycles. The van der Waals surface area contributed by atoms with Crippen molar-refractivity contribution in [2.24, 2.45) is 16.0 Å². The molecule has 0 aliphatic carbocycles. The van der Waals surface area contributed by atoms with Gasteiger partial charge in [-0.3, -0.25) is 4.79 Å². The first-order valence-electron chi connectivity index (χ1n) is 10.3. The number of hydrogen-bond acceptors (Lipinski definition) is 8. The highest BCUT2D eigenvalue weighted by Gasteiger charge is 2.28. The summed E-state index contributed by atoms with van der Waals surface area (Å²) < 4.78 is 0. The fourth-order valence-corrected chi connectivity index (χ4v) is 3.63. The molecule has 9 nitrogen and oxygen atoms in total. The molecule has 1 saturated heterocycles. The number of nitrogens with one attached hydrogen (secondary N) is 2. The second-order valence-corrected chi connectivity index (χ2v) is 7.75. The third-order valence-electron chi connectivity index (χ3n) is 5.50. The number of benzene rings is 2. The van der Waals surface area contributed by atoms with Crippen molar-refractivity contribution in [3.8, 4) is 5.75 Å². The minimum absolute atomic E-state index is 0.198. The summed E-state index contributed by atoms with van der Waals surface area (Å²) in [5.74, 6) is -0.0267. The van der Waals surface area contributed by atoms with Crippen LogP contribution in [0.25, 0.3) is 0 Å².